The number of carbonyl (C=O) groups excluding carboxylic acids is 1. The summed E-state index contributed by atoms with van der Waals surface area (Å²) in [4.78, 5) is 12.0. The Balaban J connectivity index is 2.61. The van der Waals surface area contributed by atoms with Crippen LogP contribution < -0.4 is 5.32 Å². The van der Waals surface area contributed by atoms with Gasteiger partial charge in [0.05, 0.1) is 21.3 Å². The van der Waals surface area contributed by atoms with Crippen molar-refractivity contribution in [3.05, 3.63) is 39.3 Å². The molecule has 1 amide bonds. The van der Waals surface area contributed by atoms with Crippen molar-refractivity contribution in [2.24, 2.45) is 7.05 Å². The molecule has 0 radical (unpaired) electrons. The monoisotopic (exact) mass is 343 g/mol. The van der Waals surface area contributed by atoms with E-state index >= 15 is 0 Å². The highest BCUT2D eigenvalue weighted by Gasteiger charge is 2.21. The third-order valence-electron chi connectivity index (χ3n) is 3.33. The Labute approximate surface area is 138 Å². The molecule has 4 nitrogen and oxygen atoms in total. The van der Waals surface area contributed by atoms with Crippen LogP contribution in [-0.4, -0.2) is 22.2 Å². The number of aromatic nitrogens is 2. The first-order valence-corrected chi connectivity index (χ1v) is 7.65. The standard InChI is InChI=1S/C15H16Cl2FN3O/c1-4-12-13(17)14(20-21(12)3)9-6-8(15(22)19-5-2)10(16)7-11(9)18/h6-7H,4-5H2,1-3H3,(H,19,22). The van der Waals surface area contributed by atoms with Crippen LogP contribution in [0.15, 0.2) is 12.1 Å². The Kier molecular flexibility index (Phi) is 5.08. The van der Waals surface area contributed by atoms with Crippen molar-refractivity contribution in [2.45, 2.75) is 20.3 Å². The van der Waals surface area contributed by atoms with Gasteiger partial charge < -0.3 is 5.32 Å². The number of aryl methyl sites for hydroxylation is 1. The quantitative estimate of drug-likeness (QED) is 0.916. The fraction of sp³-hybridized carbons (Fsp3) is 0.333. The number of hydrogen-bond donors (Lipinski definition) is 1. The van der Waals surface area contributed by atoms with Gasteiger partial charge in [0.25, 0.3) is 5.91 Å². The Morgan fingerprint density at radius 3 is 2.59 bits per heavy atom. The van der Waals surface area contributed by atoms with E-state index in [0.717, 1.165) is 11.8 Å². The van der Waals surface area contributed by atoms with Gasteiger partial charge in [0.15, 0.2) is 0 Å². The van der Waals surface area contributed by atoms with E-state index in [4.69, 9.17) is 23.2 Å². The molecular weight excluding hydrogens is 328 g/mol. The van der Waals surface area contributed by atoms with Crippen LogP contribution in [0.4, 0.5) is 4.39 Å². The maximum absolute atomic E-state index is 14.3. The highest BCUT2D eigenvalue weighted by molar-refractivity contribution is 6.35. The van der Waals surface area contributed by atoms with Gasteiger partial charge in [0.2, 0.25) is 0 Å². The Morgan fingerprint density at radius 1 is 1.36 bits per heavy atom. The normalized spacial score (nSPS) is 10.8. The molecule has 1 N–H and O–H groups in total. The summed E-state index contributed by atoms with van der Waals surface area (Å²) in [5.74, 6) is -0.933. The number of nitrogens with zero attached hydrogens (tertiary/aromatic N) is 2. The van der Waals surface area contributed by atoms with Crippen LogP contribution in [0.5, 0.6) is 0 Å². The molecule has 0 spiro atoms. The van der Waals surface area contributed by atoms with E-state index in [9.17, 15) is 9.18 Å². The van der Waals surface area contributed by atoms with E-state index < -0.39 is 5.82 Å². The number of rotatable bonds is 4. The third-order valence-corrected chi connectivity index (χ3v) is 4.04. The van der Waals surface area contributed by atoms with E-state index in [0.29, 0.717) is 23.7 Å². The SMILES string of the molecule is CCNC(=O)c1cc(-c2nn(C)c(CC)c2Cl)c(F)cc1Cl. The lowest BCUT2D eigenvalue weighted by Crippen LogP contribution is -2.23. The Hall–Kier alpha value is -1.59. The molecule has 0 saturated carbocycles. The van der Waals surface area contributed by atoms with Crippen molar-refractivity contribution in [1.82, 2.24) is 15.1 Å². The van der Waals surface area contributed by atoms with Gasteiger partial charge in [-0.25, -0.2) is 4.39 Å². The Morgan fingerprint density at radius 2 is 2.05 bits per heavy atom. The van der Waals surface area contributed by atoms with E-state index in [1.54, 1.807) is 18.7 Å². The van der Waals surface area contributed by atoms with Gasteiger partial charge in [-0.2, -0.15) is 5.10 Å². The third kappa shape index (κ3) is 2.96. The van der Waals surface area contributed by atoms with Crippen molar-refractivity contribution in [1.29, 1.82) is 0 Å². The minimum absolute atomic E-state index is 0.0509. The number of amides is 1. The van der Waals surface area contributed by atoms with Crippen molar-refractivity contribution in [3.63, 3.8) is 0 Å². The predicted octanol–water partition coefficient (Wildman–Crippen LogP) is 3.85. The zero-order valence-electron chi connectivity index (χ0n) is 12.5. The van der Waals surface area contributed by atoms with E-state index in [1.807, 2.05) is 6.92 Å². The first-order chi connectivity index (χ1) is 10.4. The number of hydrogen-bond acceptors (Lipinski definition) is 2. The minimum atomic E-state index is -0.569. The van der Waals surface area contributed by atoms with E-state index in [-0.39, 0.29) is 22.1 Å². The molecule has 7 heteroatoms. The van der Waals surface area contributed by atoms with Gasteiger partial charge >= 0.3 is 0 Å². The van der Waals surface area contributed by atoms with Crippen LogP contribution >= 0.6 is 23.2 Å². The maximum Gasteiger partial charge on any atom is 0.252 e. The lowest BCUT2D eigenvalue weighted by molar-refractivity contribution is 0.0956. The molecule has 22 heavy (non-hydrogen) atoms. The largest absolute Gasteiger partial charge is 0.352 e. The smallest absolute Gasteiger partial charge is 0.252 e. The summed E-state index contributed by atoms with van der Waals surface area (Å²) >= 11 is 12.2. The molecule has 0 aliphatic heterocycles. The molecular formula is C15H16Cl2FN3O. The summed E-state index contributed by atoms with van der Waals surface area (Å²) in [6, 6.07) is 2.49. The number of nitrogens with one attached hydrogen (secondary N) is 1. The van der Waals surface area contributed by atoms with Crippen molar-refractivity contribution >= 4 is 29.1 Å². The van der Waals surface area contributed by atoms with Gasteiger partial charge in [-0.3, -0.25) is 9.48 Å². The zero-order valence-corrected chi connectivity index (χ0v) is 14.0. The summed E-state index contributed by atoms with van der Waals surface area (Å²) in [5.41, 5.74) is 1.46. The molecule has 2 rings (SSSR count). The van der Waals surface area contributed by atoms with Gasteiger partial charge in [0, 0.05) is 19.2 Å². The van der Waals surface area contributed by atoms with Gasteiger partial charge in [-0.1, -0.05) is 30.1 Å². The highest BCUT2D eigenvalue weighted by Crippen LogP contribution is 2.34. The molecule has 0 fully saturated rings. The van der Waals surface area contributed by atoms with Crippen molar-refractivity contribution < 1.29 is 9.18 Å². The Bertz CT molecular complexity index is 728. The summed E-state index contributed by atoms with van der Waals surface area (Å²) in [5, 5.41) is 7.33. The fourth-order valence-electron chi connectivity index (χ4n) is 2.25. The molecule has 0 saturated heterocycles. The minimum Gasteiger partial charge on any atom is -0.352 e. The first-order valence-electron chi connectivity index (χ1n) is 6.89. The second-order valence-corrected chi connectivity index (χ2v) is 5.54. The molecule has 1 aromatic carbocycles. The number of halogens is 3. The van der Waals surface area contributed by atoms with E-state index in [2.05, 4.69) is 10.4 Å². The molecule has 0 unspecified atom stereocenters. The van der Waals surface area contributed by atoms with Crippen molar-refractivity contribution in [2.75, 3.05) is 6.54 Å². The summed E-state index contributed by atoms with van der Waals surface area (Å²) < 4.78 is 15.9. The van der Waals surface area contributed by atoms with Crippen LogP contribution in [0.2, 0.25) is 10.0 Å². The second kappa shape index (κ2) is 6.67. The fourth-order valence-corrected chi connectivity index (χ4v) is 2.88. The molecule has 0 bridgehead atoms. The molecule has 2 aromatic rings. The number of carbonyl (C=O) groups is 1. The lowest BCUT2D eigenvalue weighted by Gasteiger charge is -2.08. The first kappa shape index (κ1) is 16.8. The van der Waals surface area contributed by atoms with Crippen molar-refractivity contribution in [3.8, 4) is 11.3 Å². The summed E-state index contributed by atoms with van der Waals surface area (Å²) in [7, 11) is 1.74. The van der Waals surface area contributed by atoms with E-state index in [1.165, 1.54) is 6.07 Å². The summed E-state index contributed by atoms with van der Waals surface area (Å²) in [6.45, 7) is 4.18. The van der Waals surface area contributed by atoms with Crippen LogP contribution in [0.3, 0.4) is 0 Å². The molecule has 1 aromatic heterocycles. The zero-order chi connectivity index (χ0) is 16.4. The highest BCUT2D eigenvalue weighted by atomic mass is 35.5. The molecule has 118 valence electrons. The van der Waals surface area contributed by atoms with Crippen LogP contribution in [0.1, 0.15) is 29.9 Å². The topological polar surface area (TPSA) is 46.9 Å². The van der Waals surface area contributed by atoms with Gasteiger partial charge in [-0.15, -0.1) is 0 Å². The average Bonchev–Trinajstić information content (AvgIpc) is 2.73. The lowest BCUT2D eigenvalue weighted by atomic mass is 10.1. The predicted molar refractivity (Wildman–Crippen MR) is 86.0 cm³/mol. The number of benzene rings is 1. The van der Waals surface area contributed by atoms with Crippen LogP contribution in [0, 0.1) is 5.82 Å². The molecule has 0 aliphatic carbocycles. The molecule has 1 heterocycles. The maximum atomic E-state index is 14.3. The summed E-state index contributed by atoms with van der Waals surface area (Å²) in [6.07, 6.45) is 0.667. The van der Waals surface area contributed by atoms with Crippen LogP contribution in [-0.2, 0) is 13.5 Å². The van der Waals surface area contributed by atoms with Gasteiger partial charge in [0.1, 0.15) is 11.5 Å². The average molecular weight is 344 g/mol. The molecule has 0 atom stereocenters. The van der Waals surface area contributed by atoms with Crippen LogP contribution in [0.25, 0.3) is 11.3 Å². The second-order valence-electron chi connectivity index (χ2n) is 4.76. The van der Waals surface area contributed by atoms with Gasteiger partial charge in [-0.05, 0) is 25.5 Å². The molecule has 0 aliphatic rings.